The van der Waals surface area contributed by atoms with E-state index < -0.39 is 0 Å². The molecule has 0 spiro atoms. The topological polar surface area (TPSA) is 60.1 Å². The summed E-state index contributed by atoms with van der Waals surface area (Å²) < 4.78 is 2.20. The Morgan fingerprint density at radius 1 is 1.05 bits per heavy atom. The molecule has 3 aliphatic rings. The van der Waals surface area contributed by atoms with Crippen LogP contribution in [-0.2, 0) is 19.6 Å². The fourth-order valence-corrected chi connectivity index (χ4v) is 6.16. The van der Waals surface area contributed by atoms with Crippen molar-refractivity contribution in [3.63, 3.8) is 0 Å². The molecule has 1 N–H and O–H groups in total. The van der Waals surface area contributed by atoms with Crippen LogP contribution in [-0.4, -0.2) is 69.0 Å². The molecule has 200 valence electrons. The van der Waals surface area contributed by atoms with Crippen molar-refractivity contribution in [3.8, 4) is 0 Å². The van der Waals surface area contributed by atoms with Crippen LogP contribution in [0.5, 0.6) is 0 Å². The molecule has 0 radical (unpaired) electrons. The predicted molar refractivity (Wildman–Crippen MR) is 150 cm³/mol. The molecule has 3 aromatic rings. The molecule has 0 bridgehead atoms. The van der Waals surface area contributed by atoms with Crippen LogP contribution in [0.4, 0.5) is 5.82 Å². The van der Waals surface area contributed by atoms with Crippen molar-refractivity contribution >= 4 is 11.5 Å². The zero-order valence-corrected chi connectivity index (χ0v) is 23.1. The molecule has 1 unspecified atom stereocenters. The van der Waals surface area contributed by atoms with E-state index in [0.29, 0.717) is 12.1 Å². The van der Waals surface area contributed by atoms with Crippen LogP contribution in [0, 0.1) is 5.92 Å². The predicted octanol–water partition coefficient (Wildman–Crippen LogP) is 4.68. The largest absolute Gasteiger partial charge is 0.390 e. The summed E-state index contributed by atoms with van der Waals surface area (Å²) in [5, 5.41) is 10.6. The normalized spacial score (nSPS) is 21.4. The van der Waals surface area contributed by atoms with Crippen molar-refractivity contribution in [2.24, 2.45) is 5.92 Å². The minimum Gasteiger partial charge on any atom is -0.390 e. The first kappa shape index (κ1) is 26.1. The second-order valence-corrected chi connectivity index (χ2v) is 10.9. The molecule has 2 atom stereocenters. The van der Waals surface area contributed by atoms with Crippen LogP contribution >= 0.6 is 0 Å². The summed E-state index contributed by atoms with van der Waals surface area (Å²) in [5.74, 6) is 1.93. The van der Waals surface area contributed by atoms with Crippen molar-refractivity contribution in [2.45, 2.75) is 77.6 Å². The Morgan fingerprint density at radius 3 is 2.62 bits per heavy atom. The van der Waals surface area contributed by atoms with E-state index in [1.54, 1.807) is 0 Å². The minimum atomic E-state index is -0.00473. The molecule has 7 heteroatoms. The summed E-state index contributed by atoms with van der Waals surface area (Å²) in [4.78, 5) is 17.3. The number of aryl methyl sites for hydroxylation is 1. The van der Waals surface area contributed by atoms with Crippen LogP contribution in [0.15, 0.2) is 36.5 Å². The number of nitrogens with zero attached hydrogens (tertiary/aromatic N) is 6. The van der Waals surface area contributed by atoms with Gasteiger partial charge in [0, 0.05) is 38.4 Å². The van der Waals surface area contributed by atoms with Gasteiger partial charge in [-0.2, -0.15) is 0 Å². The van der Waals surface area contributed by atoms with Gasteiger partial charge in [0.15, 0.2) is 0 Å². The number of likely N-dealkylation sites (N-methyl/N-ethyl adjacent to an activating group) is 1. The van der Waals surface area contributed by atoms with Gasteiger partial charge in [-0.05, 0) is 82.3 Å². The third-order valence-corrected chi connectivity index (χ3v) is 8.32. The third-order valence-electron chi connectivity index (χ3n) is 8.32. The van der Waals surface area contributed by atoms with Crippen molar-refractivity contribution in [3.05, 3.63) is 59.2 Å². The van der Waals surface area contributed by atoms with Crippen molar-refractivity contribution in [2.75, 3.05) is 38.6 Å². The van der Waals surface area contributed by atoms with Gasteiger partial charge in [0.2, 0.25) is 0 Å². The number of aliphatic hydroxyl groups is 1. The second kappa shape index (κ2) is 11.5. The summed E-state index contributed by atoms with van der Waals surface area (Å²) in [6, 6.07) is 11.6. The average molecular weight is 505 g/mol. The van der Waals surface area contributed by atoms with Gasteiger partial charge in [0.1, 0.15) is 11.5 Å². The summed E-state index contributed by atoms with van der Waals surface area (Å²) in [7, 11) is 4.33. The molecular weight excluding hydrogens is 460 g/mol. The first-order chi connectivity index (χ1) is 18.1. The fourth-order valence-electron chi connectivity index (χ4n) is 6.16. The lowest BCUT2D eigenvalue weighted by Gasteiger charge is -2.35. The Labute approximate surface area is 222 Å². The van der Waals surface area contributed by atoms with E-state index in [0.717, 1.165) is 74.2 Å². The molecule has 2 fully saturated rings. The number of hydrogen-bond donors (Lipinski definition) is 1. The maximum atomic E-state index is 10.6. The van der Waals surface area contributed by atoms with Gasteiger partial charge in [-0.3, -0.25) is 14.3 Å². The molecular formula is C30H44N6O. The molecule has 2 aliphatic carbocycles. The Hall–Kier alpha value is -2.48. The van der Waals surface area contributed by atoms with Gasteiger partial charge >= 0.3 is 0 Å². The summed E-state index contributed by atoms with van der Waals surface area (Å²) in [5.41, 5.74) is 5.52. The van der Waals surface area contributed by atoms with Crippen molar-refractivity contribution < 1.29 is 5.11 Å². The smallest absolute Gasteiger partial charge is 0.138 e. The zero-order chi connectivity index (χ0) is 25.9. The lowest BCUT2D eigenvalue weighted by molar-refractivity contribution is 0.155. The SMILES string of the molecule is CC.CN(C)C1CCN(c2cccc3nc(CN(CC4CC4)[C@H]4CCCc5cccnc54)c(CO)n23)C1. The van der Waals surface area contributed by atoms with Crippen molar-refractivity contribution in [1.29, 1.82) is 0 Å². The molecule has 1 saturated heterocycles. The van der Waals surface area contributed by atoms with Gasteiger partial charge in [0.05, 0.1) is 29.7 Å². The summed E-state index contributed by atoms with van der Waals surface area (Å²) in [6.45, 7) is 7.87. The summed E-state index contributed by atoms with van der Waals surface area (Å²) >= 11 is 0. The molecule has 4 heterocycles. The van der Waals surface area contributed by atoms with Crippen LogP contribution in [0.2, 0.25) is 0 Å². The quantitative estimate of drug-likeness (QED) is 0.481. The van der Waals surface area contributed by atoms with Crippen LogP contribution in [0.3, 0.4) is 0 Å². The second-order valence-electron chi connectivity index (χ2n) is 10.9. The Morgan fingerprint density at radius 2 is 1.89 bits per heavy atom. The number of imidazole rings is 1. The standard InChI is InChI=1S/C28H38N6O.C2H6/c1-31(2)22-13-15-32(17-22)27-10-4-9-26-30-23(25(19-35)34(26)27)18-33(16-20-11-12-20)24-8-3-6-21-7-5-14-29-28(21)24;1-2/h4-5,7,9-10,14,20,22,24,35H,3,6,8,11-13,15-19H2,1-2H3;1-2H3/t22?,24-;/m0./s1. The zero-order valence-electron chi connectivity index (χ0n) is 23.1. The molecule has 1 saturated carbocycles. The highest BCUT2D eigenvalue weighted by atomic mass is 16.3. The Kier molecular flexibility index (Phi) is 8.12. The fraction of sp³-hybridized carbons (Fsp3) is 0.600. The molecule has 1 aliphatic heterocycles. The molecule has 7 nitrogen and oxygen atoms in total. The maximum absolute atomic E-state index is 10.6. The lowest BCUT2D eigenvalue weighted by atomic mass is 9.90. The van der Waals surface area contributed by atoms with Crippen LogP contribution in [0.1, 0.15) is 74.6 Å². The Bertz CT molecular complexity index is 1190. The van der Waals surface area contributed by atoms with Gasteiger partial charge < -0.3 is 14.9 Å². The number of hydrogen-bond acceptors (Lipinski definition) is 6. The number of aromatic nitrogens is 3. The highest BCUT2D eigenvalue weighted by Gasteiger charge is 2.33. The van der Waals surface area contributed by atoms with Gasteiger partial charge in [0.25, 0.3) is 0 Å². The molecule has 6 rings (SSSR count). The van der Waals surface area contributed by atoms with Gasteiger partial charge in [-0.15, -0.1) is 0 Å². The monoisotopic (exact) mass is 504 g/mol. The van der Waals surface area contributed by atoms with Crippen LogP contribution in [0.25, 0.3) is 5.65 Å². The maximum Gasteiger partial charge on any atom is 0.138 e. The van der Waals surface area contributed by atoms with E-state index in [-0.39, 0.29) is 6.61 Å². The van der Waals surface area contributed by atoms with Crippen LogP contribution < -0.4 is 4.90 Å². The first-order valence-electron chi connectivity index (χ1n) is 14.3. The minimum absolute atomic E-state index is 0.00473. The van der Waals surface area contributed by atoms with Gasteiger partial charge in [-0.25, -0.2) is 4.98 Å². The molecule has 0 aromatic carbocycles. The molecule has 3 aromatic heterocycles. The molecule has 37 heavy (non-hydrogen) atoms. The van der Waals surface area contributed by atoms with E-state index >= 15 is 0 Å². The first-order valence-corrected chi connectivity index (χ1v) is 14.3. The Balaban J connectivity index is 0.00000137. The summed E-state index contributed by atoms with van der Waals surface area (Å²) in [6.07, 6.45) is 9.21. The van der Waals surface area contributed by atoms with Crippen molar-refractivity contribution in [1.82, 2.24) is 24.2 Å². The number of anilines is 1. The number of aliphatic hydroxyl groups excluding tert-OH is 1. The highest BCUT2D eigenvalue weighted by Crippen LogP contribution is 2.38. The van der Waals surface area contributed by atoms with E-state index in [1.807, 2.05) is 20.0 Å². The lowest BCUT2D eigenvalue weighted by Crippen LogP contribution is -2.34. The van der Waals surface area contributed by atoms with Gasteiger partial charge in [-0.1, -0.05) is 26.0 Å². The number of rotatable bonds is 8. The highest BCUT2D eigenvalue weighted by molar-refractivity contribution is 5.55. The molecule has 0 amide bonds. The third kappa shape index (κ3) is 5.40. The average Bonchev–Trinajstić information content (AvgIpc) is 3.47. The van der Waals surface area contributed by atoms with E-state index in [9.17, 15) is 5.11 Å². The van der Waals surface area contributed by atoms with E-state index in [4.69, 9.17) is 9.97 Å². The van der Waals surface area contributed by atoms with E-state index in [1.165, 1.54) is 30.5 Å². The number of fused-ring (bicyclic) bond motifs is 2. The number of pyridine rings is 2. The van der Waals surface area contributed by atoms with E-state index in [2.05, 4.69) is 63.5 Å².